The lowest BCUT2D eigenvalue weighted by Gasteiger charge is -2.42. The molecule has 0 aromatic carbocycles. The van der Waals surface area contributed by atoms with E-state index >= 15 is 0 Å². The summed E-state index contributed by atoms with van der Waals surface area (Å²) in [5.74, 6) is 0.492. The van der Waals surface area contributed by atoms with Gasteiger partial charge in [-0.15, -0.1) is 23.1 Å². The smallest absolute Gasteiger partial charge is 0.235 e. The standard InChI is InChI=1S/C20H29N3OS2/c1-19(2)10-14-15(11-21)18(26-17(14)20(3,4)23-19)22-16(24)12-25-13-8-6-5-7-9-13/h13,23H,5-10,12H2,1-4H3,(H,22,24). The molecule has 3 rings (SSSR count). The van der Waals surface area contributed by atoms with Gasteiger partial charge in [0, 0.05) is 21.2 Å². The van der Waals surface area contributed by atoms with Crippen LogP contribution in [0.4, 0.5) is 5.00 Å². The monoisotopic (exact) mass is 391 g/mol. The molecule has 2 N–H and O–H groups in total. The Morgan fingerprint density at radius 2 is 2.00 bits per heavy atom. The number of anilines is 1. The third-order valence-electron chi connectivity index (χ3n) is 5.21. The van der Waals surface area contributed by atoms with E-state index in [0.717, 1.165) is 17.0 Å². The Bertz CT molecular complexity index is 724. The van der Waals surface area contributed by atoms with E-state index in [9.17, 15) is 10.1 Å². The highest BCUT2D eigenvalue weighted by molar-refractivity contribution is 8.00. The highest BCUT2D eigenvalue weighted by atomic mass is 32.2. The van der Waals surface area contributed by atoms with Crippen LogP contribution in [0, 0.1) is 11.3 Å². The normalized spacial score (nSPS) is 21.7. The van der Waals surface area contributed by atoms with Crippen molar-refractivity contribution in [1.29, 1.82) is 5.26 Å². The number of rotatable bonds is 4. The first-order valence-corrected chi connectivity index (χ1v) is 11.4. The molecule has 1 amide bonds. The van der Waals surface area contributed by atoms with Crippen LogP contribution in [0.5, 0.6) is 0 Å². The molecular formula is C20H29N3OS2. The van der Waals surface area contributed by atoms with Crippen molar-refractivity contribution in [3.05, 3.63) is 16.0 Å². The van der Waals surface area contributed by atoms with E-state index < -0.39 is 0 Å². The molecule has 0 spiro atoms. The van der Waals surface area contributed by atoms with Crippen LogP contribution in [0.3, 0.4) is 0 Å². The van der Waals surface area contributed by atoms with Gasteiger partial charge in [-0.1, -0.05) is 19.3 Å². The van der Waals surface area contributed by atoms with Crippen molar-refractivity contribution in [3.8, 4) is 6.07 Å². The van der Waals surface area contributed by atoms with Crippen LogP contribution in [-0.2, 0) is 16.8 Å². The van der Waals surface area contributed by atoms with Crippen LogP contribution in [0.2, 0.25) is 0 Å². The largest absolute Gasteiger partial charge is 0.316 e. The summed E-state index contributed by atoms with van der Waals surface area (Å²) in [6, 6.07) is 2.35. The fourth-order valence-electron chi connectivity index (χ4n) is 4.32. The number of thioether (sulfide) groups is 1. The first kappa shape index (κ1) is 19.7. The molecule has 1 aromatic rings. The molecule has 2 heterocycles. The summed E-state index contributed by atoms with van der Waals surface area (Å²) in [6.07, 6.45) is 7.15. The summed E-state index contributed by atoms with van der Waals surface area (Å²) < 4.78 is 0. The SMILES string of the molecule is CC1(C)Cc2c(sc(NC(=O)CSC3CCCCC3)c2C#N)C(C)(C)N1. The highest BCUT2D eigenvalue weighted by Crippen LogP contribution is 2.44. The van der Waals surface area contributed by atoms with Crippen LogP contribution in [-0.4, -0.2) is 22.4 Å². The molecule has 0 unspecified atom stereocenters. The van der Waals surface area contributed by atoms with Crippen molar-refractivity contribution in [2.75, 3.05) is 11.1 Å². The van der Waals surface area contributed by atoms with E-state index in [2.05, 4.69) is 44.4 Å². The van der Waals surface area contributed by atoms with Gasteiger partial charge in [0.1, 0.15) is 11.1 Å². The number of nitriles is 1. The van der Waals surface area contributed by atoms with Crippen molar-refractivity contribution < 1.29 is 4.79 Å². The summed E-state index contributed by atoms with van der Waals surface area (Å²) in [6.45, 7) is 8.62. The fourth-order valence-corrected chi connectivity index (χ4v) is 6.69. The Kier molecular flexibility index (Phi) is 5.72. The molecule has 1 saturated carbocycles. The Morgan fingerprint density at radius 1 is 1.31 bits per heavy atom. The van der Waals surface area contributed by atoms with Crippen molar-refractivity contribution >= 4 is 34.0 Å². The number of nitrogens with zero attached hydrogens (tertiary/aromatic N) is 1. The predicted octanol–water partition coefficient (Wildman–Crippen LogP) is 4.78. The van der Waals surface area contributed by atoms with Gasteiger partial charge in [0.05, 0.1) is 11.3 Å². The minimum absolute atomic E-state index is 0.0145. The third kappa shape index (κ3) is 4.27. The molecule has 1 aromatic heterocycles. The zero-order valence-electron chi connectivity index (χ0n) is 16.2. The molecule has 0 bridgehead atoms. The maximum atomic E-state index is 12.5. The van der Waals surface area contributed by atoms with Gasteiger partial charge in [-0.25, -0.2) is 0 Å². The van der Waals surface area contributed by atoms with Gasteiger partial charge in [-0.3, -0.25) is 4.79 Å². The van der Waals surface area contributed by atoms with Crippen LogP contribution in [0.15, 0.2) is 0 Å². The number of nitrogens with one attached hydrogen (secondary N) is 2. The van der Waals surface area contributed by atoms with Gasteiger partial charge in [0.15, 0.2) is 0 Å². The Balaban J connectivity index is 1.73. The molecule has 142 valence electrons. The van der Waals surface area contributed by atoms with Gasteiger partial charge in [-0.05, 0) is 52.5 Å². The zero-order chi connectivity index (χ0) is 18.9. The summed E-state index contributed by atoms with van der Waals surface area (Å²) in [5.41, 5.74) is 1.49. The molecule has 1 aliphatic heterocycles. The predicted molar refractivity (Wildman–Crippen MR) is 111 cm³/mol. The Labute approximate surface area is 165 Å². The van der Waals surface area contributed by atoms with Crippen LogP contribution in [0.25, 0.3) is 0 Å². The number of thiophene rings is 1. The number of hydrogen-bond acceptors (Lipinski definition) is 5. The fraction of sp³-hybridized carbons (Fsp3) is 0.700. The molecule has 0 atom stereocenters. The summed E-state index contributed by atoms with van der Waals surface area (Å²) in [7, 11) is 0. The van der Waals surface area contributed by atoms with Gasteiger partial charge in [0.2, 0.25) is 5.91 Å². The lowest BCUT2D eigenvalue weighted by atomic mass is 9.81. The van der Waals surface area contributed by atoms with Crippen LogP contribution >= 0.6 is 23.1 Å². The summed E-state index contributed by atoms with van der Waals surface area (Å²) in [5, 5.41) is 17.8. The Morgan fingerprint density at radius 3 is 2.65 bits per heavy atom. The Hall–Kier alpha value is -1.03. The maximum absolute atomic E-state index is 12.5. The first-order valence-electron chi connectivity index (χ1n) is 9.49. The minimum atomic E-state index is -0.201. The number of fused-ring (bicyclic) bond motifs is 1. The topological polar surface area (TPSA) is 64.9 Å². The van der Waals surface area contributed by atoms with Gasteiger partial charge >= 0.3 is 0 Å². The quantitative estimate of drug-likeness (QED) is 0.775. The second kappa shape index (κ2) is 7.53. The van der Waals surface area contributed by atoms with Gasteiger partial charge in [-0.2, -0.15) is 5.26 Å². The third-order valence-corrected chi connectivity index (χ3v) is 8.05. The summed E-state index contributed by atoms with van der Waals surface area (Å²) in [4.78, 5) is 13.6. The first-order chi connectivity index (χ1) is 12.2. The van der Waals surface area contributed by atoms with Crippen LogP contribution in [0.1, 0.15) is 75.8 Å². The zero-order valence-corrected chi connectivity index (χ0v) is 17.8. The lowest BCUT2D eigenvalue weighted by Crippen LogP contribution is -2.54. The van der Waals surface area contributed by atoms with Crippen molar-refractivity contribution in [2.24, 2.45) is 0 Å². The van der Waals surface area contributed by atoms with E-state index in [-0.39, 0.29) is 17.0 Å². The van der Waals surface area contributed by atoms with E-state index in [1.165, 1.54) is 37.0 Å². The molecule has 26 heavy (non-hydrogen) atoms. The van der Waals surface area contributed by atoms with E-state index in [1.807, 2.05) is 0 Å². The van der Waals surface area contributed by atoms with Crippen molar-refractivity contribution in [3.63, 3.8) is 0 Å². The van der Waals surface area contributed by atoms with Gasteiger partial charge in [0.25, 0.3) is 0 Å². The highest BCUT2D eigenvalue weighted by Gasteiger charge is 2.40. The summed E-state index contributed by atoms with van der Waals surface area (Å²) >= 11 is 3.33. The minimum Gasteiger partial charge on any atom is -0.316 e. The molecule has 0 radical (unpaired) electrons. The average Bonchev–Trinajstić information content (AvgIpc) is 2.90. The van der Waals surface area contributed by atoms with Gasteiger partial charge < -0.3 is 10.6 Å². The number of amides is 1. The molecule has 0 saturated heterocycles. The van der Waals surface area contributed by atoms with Crippen molar-refractivity contribution in [2.45, 2.75) is 82.5 Å². The molecule has 2 aliphatic rings. The average molecular weight is 392 g/mol. The van der Waals surface area contributed by atoms with Crippen LogP contribution < -0.4 is 10.6 Å². The molecule has 1 fully saturated rings. The molecule has 6 heteroatoms. The molecule has 1 aliphatic carbocycles. The maximum Gasteiger partial charge on any atom is 0.235 e. The van der Waals surface area contributed by atoms with Crippen molar-refractivity contribution in [1.82, 2.24) is 5.32 Å². The molecular weight excluding hydrogens is 362 g/mol. The second-order valence-electron chi connectivity index (χ2n) is 8.66. The lowest BCUT2D eigenvalue weighted by molar-refractivity contribution is -0.113. The molecule has 4 nitrogen and oxygen atoms in total. The number of carbonyl (C=O) groups is 1. The van der Waals surface area contributed by atoms with E-state index in [0.29, 0.717) is 16.6 Å². The number of carbonyl (C=O) groups excluding carboxylic acids is 1. The number of hydrogen-bond donors (Lipinski definition) is 2. The van der Waals surface area contributed by atoms with E-state index in [1.54, 1.807) is 23.1 Å². The second-order valence-corrected chi connectivity index (χ2v) is 11.0. The van der Waals surface area contributed by atoms with E-state index in [4.69, 9.17) is 0 Å².